The van der Waals surface area contributed by atoms with Gasteiger partial charge in [0.15, 0.2) is 23.1 Å². The first kappa shape index (κ1) is 18.5. The molecule has 4 aromatic rings. The zero-order valence-corrected chi connectivity index (χ0v) is 15.2. The molecule has 0 bridgehead atoms. The van der Waals surface area contributed by atoms with Gasteiger partial charge in [-0.05, 0) is 31.0 Å². The van der Waals surface area contributed by atoms with E-state index in [0.29, 0.717) is 16.9 Å². The van der Waals surface area contributed by atoms with Crippen LogP contribution in [0.4, 0.5) is 17.6 Å². The number of ketones is 1. The average molecular weight is 415 g/mol. The molecule has 6 nitrogen and oxygen atoms in total. The number of pyridine rings is 2. The topological polar surface area (TPSA) is 87.3 Å². The Bertz CT molecular complexity index is 1290. The minimum Gasteiger partial charge on any atom is -0.358 e. The highest BCUT2D eigenvalue weighted by Crippen LogP contribution is 2.41. The van der Waals surface area contributed by atoms with Crippen molar-refractivity contribution in [3.05, 3.63) is 65.1 Å². The second kappa shape index (κ2) is 6.48. The van der Waals surface area contributed by atoms with E-state index in [0.717, 1.165) is 25.1 Å². The number of carbonyl (C=O) groups is 1. The standard InChI is InChI=1S/C20H13F4N5O/c21-14-15(9-3-4-9)27-8-13-16(14)29-19(28-13)12-6-10(7-26-12)17(30)11-2-1-5-25-18(11)20(22,23)24/h1-2,5-9,26H,3-4H2,(H,28,29). The summed E-state index contributed by atoms with van der Waals surface area (Å²) in [6, 6.07) is 3.70. The Kier molecular flexibility index (Phi) is 3.99. The van der Waals surface area contributed by atoms with Gasteiger partial charge in [0.2, 0.25) is 0 Å². The molecule has 0 spiro atoms. The number of halogens is 4. The lowest BCUT2D eigenvalue weighted by atomic mass is 10.0. The van der Waals surface area contributed by atoms with E-state index in [2.05, 4.69) is 24.9 Å². The maximum Gasteiger partial charge on any atom is 0.434 e. The SMILES string of the molecule is O=C(c1c[nH]c(-c2nc3c(F)c(C4CC4)ncc3[nH]2)c1)c1cccnc1C(F)(F)F. The number of nitrogens with one attached hydrogen (secondary N) is 2. The highest BCUT2D eigenvalue weighted by molar-refractivity contribution is 6.10. The number of aromatic nitrogens is 5. The summed E-state index contributed by atoms with van der Waals surface area (Å²) in [5, 5.41) is 0. The van der Waals surface area contributed by atoms with E-state index >= 15 is 0 Å². The lowest BCUT2D eigenvalue weighted by Gasteiger charge is -2.09. The summed E-state index contributed by atoms with van der Waals surface area (Å²) in [5.41, 5.74) is -0.552. The average Bonchev–Trinajstić information content (AvgIpc) is 3.26. The second-order valence-electron chi connectivity index (χ2n) is 7.11. The first-order valence-corrected chi connectivity index (χ1v) is 9.12. The van der Waals surface area contributed by atoms with Crippen molar-refractivity contribution in [1.29, 1.82) is 0 Å². The summed E-state index contributed by atoms with van der Waals surface area (Å²) < 4.78 is 54.2. The third-order valence-electron chi connectivity index (χ3n) is 4.98. The number of H-pyrrole nitrogens is 2. The van der Waals surface area contributed by atoms with Gasteiger partial charge in [-0.25, -0.2) is 9.37 Å². The molecule has 1 saturated carbocycles. The van der Waals surface area contributed by atoms with Crippen molar-refractivity contribution in [2.24, 2.45) is 0 Å². The van der Waals surface area contributed by atoms with Crippen LogP contribution in [-0.2, 0) is 6.18 Å². The molecular formula is C20H13F4N5O. The third-order valence-corrected chi connectivity index (χ3v) is 4.98. The molecule has 1 fully saturated rings. The van der Waals surface area contributed by atoms with E-state index in [1.54, 1.807) is 0 Å². The molecule has 4 aromatic heterocycles. The number of nitrogens with zero attached hydrogens (tertiary/aromatic N) is 3. The van der Waals surface area contributed by atoms with Gasteiger partial charge >= 0.3 is 6.18 Å². The maximum absolute atomic E-state index is 14.7. The van der Waals surface area contributed by atoms with Crippen molar-refractivity contribution < 1.29 is 22.4 Å². The summed E-state index contributed by atoms with van der Waals surface area (Å²) in [5.74, 6) is -0.949. The number of alkyl halides is 3. The molecule has 4 heterocycles. The molecular weight excluding hydrogens is 402 g/mol. The molecule has 30 heavy (non-hydrogen) atoms. The van der Waals surface area contributed by atoms with Crippen molar-refractivity contribution in [3.8, 4) is 11.5 Å². The number of fused-ring (bicyclic) bond motifs is 1. The molecule has 0 atom stereocenters. The zero-order chi connectivity index (χ0) is 21.0. The molecule has 0 unspecified atom stereocenters. The normalized spacial score (nSPS) is 14.4. The van der Waals surface area contributed by atoms with Gasteiger partial charge < -0.3 is 9.97 Å². The number of carbonyl (C=O) groups excluding carboxylic acids is 1. The Morgan fingerprint density at radius 3 is 2.73 bits per heavy atom. The highest BCUT2D eigenvalue weighted by Gasteiger charge is 2.37. The molecule has 2 N–H and O–H groups in total. The summed E-state index contributed by atoms with van der Waals surface area (Å²) in [7, 11) is 0. The van der Waals surface area contributed by atoms with Gasteiger partial charge in [-0.2, -0.15) is 13.2 Å². The number of hydrogen-bond donors (Lipinski definition) is 2. The van der Waals surface area contributed by atoms with Crippen LogP contribution in [0.15, 0.2) is 36.8 Å². The predicted octanol–water partition coefficient (Wildman–Crippen LogP) is 4.61. The van der Waals surface area contributed by atoms with E-state index < -0.39 is 29.0 Å². The van der Waals surface area contributed by atoms with Crippen LogP contribution >= 0.6 is 0 Å². The zero-order valence-electron chi connectivity index (χ0n) is 15.2. The largest absolute Gasteiger partial charge is 0.434 e. The minimum absolute atomic E-state index is 0.00113. The van der Waals surface area contributed by atoms with E-state index in [4.69, 9.17) is 0 Å². The fraction of sp³-hybridized carbons (Fsp3) is 0.200. The molecule has 0 aliphatic heterocycles. The Morgan fingerprint density at radius 1 is 1.20 bits per heavy atom. The van der Waals surface area contributed by atoms with E-state index in [1.807, 2.05) is 0 Å². The summed E-state index contributed by atoms with van der Waals surface area (Å²) in [6.45, 7) is 0. The van der Waals surface area contributed by atoms with Gasteiger partial charge in [0.25, 0.3) is 0 Å². The lowest BCUT2D eigenvalue weighted by Crippen LogP contribution is -2.15. The molecule has 0 saturated heterocycles. The minimum atomic E-state index is -4.76. The Labute approximate surface area is 166 Å². The van der Waals surface area contributed by atoms with Crippen LogP contribution in [0.2, 0.25) is 0 Å². The van der Waals surface area contributed by atoms with Crippen molar-refractivity contribution >= 4 is 16.8 Å². The Balaban J connectivity index is 1.51. The summed E-state index contributed by atoms with van der Waals surface area (Å²) in [4.78, 5) is 30.1. The van der Waals surface area contributed by atoms with Crippen molar-refractivity contribution in [1.82, 2.24) is 24.9 Å². The van der Waals surface area contributed by atoms with E-state index in [9.17, 15) is 22.4 Å². The van der Waals surface area contributed by atoms with Gasteiger partial charge in [-0.3, -0.25) is 14.8 Å². The monoisotopic (exact) mass is 415 g/mol. The molecule has 0 amide bonds. The highest BCUT2D eigenvalue weighted by atomic mass is 19.4. The molecule has 1 aliphatic carbocycles. The molecule has 152 valence electrons. The van der Waals surface area contributed by atoms with Gasteiger partial charge in [0.1, 0.15) is 5.52 Å². The van der Waals surface area contributed by atoms with Crippen molar-refractivity contribution in [2.75, 3.05) is 0 Å². The first-order valence-electron chi connectivity index (χ1n) is 9.12. The summed E-state index contributed by atoms with van der Waals surface area (Å²) >= 11 is 0. The number of rotatable bonds is 4. The quantitative estimate of drug-likeness (QED) is 0.376. The number of hydrogen-bond acceptors (Lipinski definition) is 4. The van der Waals surface area contributed by atoms with Gasteiger partial charge in [-0.1, -0.05) is 0 Å². The molecule has 10 heteroatoms. The predicted molar refractivity (Wildman–Crippen MR) is 98.3 cm³/mol. The van der Waals surface area contributed by atoms with Crippen LogP contribution in [0.3, 0.4) is 0 Å². The van der Waals surface area contributed by atoms with Crippen LogP contribution in [0.1, 0.15) is 46.1 Å². The van der Waals surface area contributed by atoms with Crippen LogP contribution in [-0.4, -0.2) is 30.7 Å². The lowest BCUT2D eigenvalue weighted by molar-refractivity contribution is -0.141. The number of imidazole rings is 1. The molecule has 0 aromatic carbocycles. The first-order chi connectivity index (χ1) is 14.3. The fourth-order valence-electron chi connectivity index (χ4n) is 3.36. The third kappa shape index (κ3) is 3.04. The van der Waals surface area contributed by atoms with Crippen molar-refractivity contribution in [2.45, 2.75) is 24.9 Å². The smallest absolute Gasteiger partial charge is 0.358 e. The van der Waals surface area contributed by atoms with E-state index in [-0.39, 0.29) is 22.8 Å². The van der Waals surface area contributed by atoms with Crippen molar-refractivity contribution in [3.63, 3.8) is 0 Å². The number of aromatic amines is 2. The maximum atomic E-state index is 14.7. The van der Waals surface area contributed by atoms with Gasteiger partial charge in [0, 0.05) is 23.9 Å². The van der Waals surface area contributed by atoms with Crippen LogP contribution in [0.25, 0.3) is 22.6 Å². The van der Waals surface area contributed by atoms with Gasteiger partial charge in [0.05, 0.1) is 28.7 Å². The molecule has 5 rings (SSSR count). The molecule has 0 radical (unpaired) electrons. The second-order valence-corrected chi connectivity index (χ2v) is 7.11. The Hall–Kier alpha value is -3.56. The van der Waals surface area contributed by atoms with E-state index in [1.165, 1.54) is 24.5 Å². The molecule has 1 aliphatic rings. The van der Waals surface area contributed by atoms with Crippen LogP contribution in [0, 0.1) is 5.82 Å². The van der Waals surface area contributed by atoms with Crippen LogP contribution < -0.4 is 0 Å². The van der Waals surface area contributed by atoms with Gasteiger partial charge in [-0.15, -0.1) is 0 Å². The summed E-state index contributed by atoms with van der Waals surface area (Å²) in [6.07, 6.45) is 0.792. The van der Waals surface area contributed by atoms with Crippen LogP contribution in [0.5, 0.6) is 0 Å². The fourth-order valence-corrected chi connectivity index (χ4v) is 3.36. The Morgan fingerprint density at radius 2 is 2.00 bits per heavy atom.